The molecule has 3 rings (SSSR count). The van der Waals surface area contributed by atoms with Crippen LogP contribution in [0.1, 0.15) is 50.4 Å². The first-order chi connectivity index (χ1) is 11.4. The number of aromatic nitrogens is 2. The minimum absolute atomic E-state index is 0. The van der Waals surface area contributed by atoms with Crippen LogP contribution in [0.4, 0.5) is 0 Å². The fourth-order valence-corrected chi connectivity index (χ4v) is 3.86. The summed E-state index contributed by atoms with van der Waals surface area (Å²) in [6, 6.07) is 2.02. The summed E-state index contributed by atoms with van der Waals surface area (Å²) >= 11 is 0. The Kier molecular flexibility index (Phi) is 7.71. The Bertz CT molecular complexity index is 706. The maximum Gasteiger partial charge on any atom is 0.256 e. The number of nitrogens with zero attached hydrogens (tertiary/aromatic N) is 2. The normalized spacial score (nSPS) is 18.2. The van der Waals surface area contributed by atoms with E-state index in [-0.39, 0.29) is 36.6 Å². The van der Waals surface area contributed by atoms with Crippen molar-refractivity contribution in [2.45, 2.75) is 65.0 Å². The van der Waals surface area contributed by atoms with Crippen LogP contribution in [0.25, 0.3) is 0 Å². The van der Waals surface area contributed by atoms with Gasteiger partial charge in [-0.15, -0.1) is 24.8 Å². The molecular weight excluding hydrogens is 375 g/mol. The molecule has 2 N–H and O–H groups in total. The fourth-order valence-electron chi connectivity index (χ4n) is 3.86. The van der Waals surface area contributed by atoms with Gasteiger partial charge in [-0.3, -0.25) is 14.9 Å². The molecule has 1 amide bonds. The SMILES string of the molecule is CC1=C(C(=O)NCCn2nc(C)cc2C)C(=N)OC12CCCCC2.Cl.Cl. The largest absolute Gasteiger partial charge is 0.466 e. The Balaban J connectivity index is 0.00000169. The van der Waals surface area contributed by atoms with E-state index in [1.807, 2.05) is 31.5 Å². The second-order valence-corrected chi connectivity index (χ2v) is 6.89. The number of amides is 1. The van der Waals surface area contributed by atoms with E-state index < -0.39 is 5.60 Å². The summed E-state index contributed by atoms with van der Waals surface area (Å²) in [5.74, 6) is -0.181. The van der Waals surface area contributed by atoms with Crippen molar-refractivity contribution in [3.8, 4) is 0 Å². The Morgan fingerprint density at radius 3 is 2.50 bits per heavy atom. The first kappa shape index (κ1) is 22.5. The molecule has 26 heavy (non-hydrogen) atoms. The highest BCUT2D eigenvalue weighted by Crippen LogP contribution is 2.43. The minimum atomic E-state index is -0.405. The van der Waals surface area contributed by atoms with Gasteiger partial charge in [0.05, 0.1) is 12.2 Å². The lowest BCUT2D eigenvalue weighted by atomic mass is 9.79. The predicted octanol–water partition coefficient (Wildman–Crippen LogP) is 3.49. The third kappa shape index (κ3) is 4.23. The third-order valence-electron chi connectivity index (χ3n) is 5.18. The molecule has 1 aromatic rings. The monoisotopic (exact) mass is 402 g/mol. The molecule has 2 aliphatic rings. The topological polar surface area (TPSA) is 80.0 Å². The molecule has 146 valence electrons. The minimum Gasteiger partial charge on any atom is -0.466 e. The third-order valence-corrected chi connectivity index (χ3v) is 5.18. The van der Waals surface area contributed by atoms with Crippen LogP contribution < -0.4 is 5.32 Å². The Labute approximate surface area is 167 Å². The number of ether oxygens (including phenoxy) is 1. The second kappa shape index (κ2) is 8.91. The summed E-state index contributed by atoms with van der Waals surface area (Å²) in [5.41, 5.74) is 3.00. The first-order valence-electron chi connectivity index (χ1n) is 8.71. The zero-order chi connectivity index (χ0) is 17.3. The van der Waals surface area contributed by atoms with Gasteiger partial charge in [-0.2, -0.15) is 5.10 Å². The second-order valence-electron chi connectivity index (χ2n) is 6.89. The number of carbonyl (C=O) groups excluding carboxylic acids is 1. The number of nitrogens with one attached hydrogen (secondary N) is 2. The Hall–Kier alpha value is -1.53. The summed E-state index contributed by atoms with van der Waals surface area (Å²) in [5, 5.41) is 15.4. The van der Waals surface area contributed by atoms with Crippen LogP contribution >= 0.6 is 24.8 Å². The van der Waals surface area contributed by atoms with Gasteiger partial charge in [-0.1, -0.05) is 6.42 Å². The molecule has 1 aliphatic heterocycles. The van der Waals surface area contributed by atoms with Gasteiger partial charge in [0.1, 0.15) is 11.2 Å². The van der Waals surface area contributed by atoms with Gasteiger partial charge in [0.15, 0.2) is 0 Å². The van der Waals surface area contributed by atoms with Crippen LogP contribution in [0.15, 0.2) is 17.2 Å². The van der Waals surface area contributed by atoms with E-state index in [1.165, 1.54) is 6.42 Å². The standard InChI is InChI=1S/C18H26N4O2.2ClH/c1-12-11-13(2)22(21-12)10-9-20-17(23)15-14(3)18(24-16(15)19)7-5-4-6-8-18;;/h11,19H,4-10H2,1-3H3,(H,20,23);2*1H. The number of hydrogen-bond acceptors (Lipinski definition) is 4. The number of aryl methyl sites for hydroxylation is 2. The highest BCUT2D eigenvalue weighted by atomic mass is 35.5. The van der Waals surface area contributed by atoms with Crippen LogP contribution in [-0.4, -0.2) is 33.7 Å². The van der Waals surface area contributed by atoms with E-state index in [0.29, 0.717) is 18.7 Å². The highest BCUT2D eigenvalue weighted by Gasteiger charge is 2.46. The molecule has 1 spiro atoms. The molecule has 6 nitrogen and oxygen atoms in total. The highest BCUT2D eigenvalue weighted by molar-refractivity contribution is 6.19. The van der Waals surface area contributed by atoms with E-state index in [2.05, 4.69) is 10.4 Å². The molecule has 0 radical (unpaired) electrons. The summed E-state index contributed by atoms with van der Waals surface area (Å²) in [6.07, 6.45) is 5.21. The maximum absolute atomic E-state index is 12.6. The van der Waals surface area contributed by atoms with Crippen molar-refractivity contribution in [3.63, 3.8) is 0 Å². The lowest BCUT2D eigenvalue weighted by molar-refractivity contribution is -0.117. The van der Waals surface area contributed by atoms with Crippen LogP contribution in [0.3, 0.4) is 0 Å². The van der Waals surface area contributed by atoms with Gasteiger partial charge < -0.3 is 10.1 Å². The Morgan fingerprint density at radius 1 is 1.27 bits per heavy atom. The van der Waals surface area contributed by atoms with Crippen molar-refractivity contribution in [2.75, 3.05) is 6.54 Å². The fraction of sp³-hybridized carbons (Fsp3) is 0.611. The molecule has 8 heteroatoms. The number of halogens is 2. The zero-order valence-electron chi connectivity index (χ0n) is 15.6. The van der Waals surface area contributed by atoms with Crippen LogP contribution in [-0.2, 0) is 16.1 Å². The molecule has 1 aromatic heterocycles. The van der Waals surface area contributed by atoms with E-state index in [0.717, 1.165) is 42.6 Å². The van der Waals surface area contributed by atoms with Crippen molar-refractivity contribution in [1.82, 2.24) is 15.1 Å². The Morgan fingerprint density at radius 2 is 1.92 bits per heavy atom. The van der Waals surface area contributed by atoms with Gasteiger partial charge in [0.25, 0.3) is 5.91 Å². The average Bonchev–Trinajstić information content (AvgIpc) is 2.97. The molecule has 0 unspecified atom stereocenters. The van der Waals surface area contributed by atoms with Gasteiger partial charge in [0, 0.05) is 12.2 Å². The summed E-state index contributed by atoms with van der Waals surface area (Å²) in [4.78, 5) is 12.6. The molecule has 0 saturated heterocycles. The average molecular weight is 403 g/mol. The molecule has 0 atom stereocenters. The zero-order valence-corrected chi connectivity index (χ0v) is 17.2. The van der Waals surface area contributed by atoms with E-state index in [9.17, 15) is 4.79 Å². The molecule has 1 saturated carbocycles. The van der Waals surface area contributed by atoms with Gasteiger partial charge in [0.2, 0.25) is 5.90 Å². The van der Waals surface area contributed by atoms with E-state index >= 15 is 0 Å². The molecule has 1 fully saturated rings. The summed E-state index contributed by atoms with van der Waals surface area (Å²) < 4.78 is 7.74. The first-order valence-corrected chi connectivity index (χ1v) is 8.71. The van der Waals surface area contributed by atoms with Crippen LogP contribution in [0, 0.1) is 19.3 Å². The van der Waals surface area contributed by atoms with E-state index in [4.69, 9.17) is 10.1 Å². The van der Waals surface area contributed by atoms with Crippen LogP contribution in [0.5, 0.6) is 0 Å². The van der Waals surface area contributed by atoms with Crippen molar-refractivity contribution < 1.29 is 9.53 Å². The predicted molar refractivity (Wildman–Crippen MR) is 107 cm³/mol. The maximum atomic E-state index is 12.6. The van der Waals surface area contributed by atoms with Crippen LogP contribution in [0.2, 0.25) is 0 Å². The smallest absolute Gasteiger partial charge is 0.256 e. The van der Waals surface area contributed by atoms with Crippen molar-refractivity contribution in [3.05, 3.63) is 28.6 Å². The van der Waals surface area contributed by atoms with Crippen molar-refractivity contribution in [1.29, 1.82) is 5.41 Å². The van der Waals surface area contributed by atoms with Gasteiger partial charge in [-0.05, 0) is 58.1 Å². The number of carbonyl (C=O) groups is 1. The summed E-state index contributed by atoms with van der Waals surface area (Å²) in [7, 11) is 0. The molecule has 2 heterocycles. The quantitative estimate of drug-likeness (QED) is 0.808. The molecule has 1 aliphatic carbocycles. The number of hydrogen-bond donors (Lipinski definition) is 2. The van der Waals surface area contributed by atoms with E-state index in [1.54, 1.807) is 0 Å². The molecule has 0 bridgehead atoms. The summed E-state index contributed by atoms with van der Waals surface area (Å²) in [6.45, 7) is 7.01. The molecular formula is C18H28Cl2N4O2. The van der Waals surface area contributed by atoms with Gasteiger partial charge in [-0.25, -0.2) is 0 Å². The van der Waals surface area contributed by atoms with Crippen molar-refractivity contribution >= 4 is 36.6 Å². The number of rotatable bonds is 4. The lowest BCUT2D eigenvalue weighted by Gasteiger charge is -2.33. The van der Waals surface area contributed by atoms with Crippen molar-refractivity contribution in [2.24, 2.45) is 0 Å². The lowest BCUT2D eigenvalue weighted by Crippen LogP contribution is -2.33. The van der Waals surface area contributed by atoms with Gasteiger partial charge >= 0.3 is 0 Å². The molecule has 0 aromatic carbocycles.